The van der Waals surface area contributed by atoms with Gasteiger partial charge in [-0.3, -0.25) is 4.79 Å². The van der Waals surface area contributed by atoms with Gasteiger partial charge in [-0.25, -0.2) is 4.98 Å². The van der Waals surface area contributed by atoms with Crippen LogP contribution in [0, 0.1) is 0 Å². The van der Waals surface area contributed by atoms with Crippen molar-refractivity contribution in [2.45, 2.75) is 26.3 Å². The smallest absolute Gasteiger partial charge is 0.257 e. The highest BCUT2D eigenvalue weighted by atomic mass is 32.2. The Bertz CT molecular complexity index is 411. The molecule has 1 atom stereocenters. The Balaban J connectivity index is 2.81. The van der Waals surface area contributed by atoms with Crippen molar-refractivity contribution in [1.82, 2.24) is 9.88 Å². The Kier molecular flexibility index (Phi) is 6.70. The molecular formula is C14H23N3OS. The van der Waals surface area contributed by atoms with E-state index in [-0.39, 0.29) is 11.9 Å². The number of thioether (sulfide) groups is 1. The van der Waals surface area contributed by atoms with Crippen molar-refractivity contribution < 1.29 is 4.79 Å². The quantitative estimate of drug-likeness (QED) is 0.834. The number of nitrogens with zero attached hydrogens (tertiary/aromatic N) is 2. The number of pyridine rings is 1. The summed E-state index contributed by atoms with van der Waals surface area (Å²) in [7, 11) is 1.86. The maximum absolute atomic E-state index is 12.5. The van der Waals surface area contributed by atoms with Gasteiger partial charge in [0.05, 0.1) is 5.56 Å². The summed E-state index contributed by atoms with van der Waals surface area (Å²) in [6.07, 6.45) is 4.78. The third-order valence-corrected chi connectivity index (χ3v) is 3.75. The second-order valence-electron chi connectivity index (χ2n) is 4.48. The second-order valence-corrected chi connectivity index (χ2v) is 5.46. The van der Waals surface area contributed by atoms with Crippen molar-refractivity contribution in [2.24, 2.45) is 0 Å². The van der Waals surface area contributed by atoms with Gasteiger partial charge in [-0.1, -0.05) is 0 Å². The number of amides is 1. The molecule has 1 aromatic rings. The van der Waals surface area contributed by atoms with E-state index in [9.17, 15) is 4.79 Å². The molecule has 1 rings (SSSR count). The molecule has 19 heavy (non-hydrogen) atoms. The number of hydrogen-bond donors (Lipinski definition) is 1. The van der Waals surface area contributed by atoms with Crippen LogP contribution in [0.4, 0.5) is 5.82 Å². The maximum Gasteiger partial charge on any atom is 0.257 e. The monoisotopic (exact) mass is 281 g/mol. The molecule has 0 radical (unpaired) electrons. The lowest BCUT2D eigenvalue weighted by atomic mass is 10.1. The van der Waals surface area contributed by atoms with Crippen molar-refractivity contribution in [3.8, 4) is 0 Å². The van der Waals surface area contributed by atoms with Crippen molar-refractivity contribution in [1.29, 1.82) is 0 Å². The molecule has 0 aliphatic carbocycles. The van der Waals surface area contributed by atoms with Crippen LogP contribution >= 0.6 is 11.8 Å². The lowest BCUT2D eigenvalue weighted by Crippen LogP contribution is -2.36. The molecule has 0 bridgehead atoms. The standard InChI is InChI=1S/C14H23N3OS/c1-5-15-13-12(7-6-9-16-13)14(18)17(3)11(2)8-10-19-4/h6-7,9,11H,5,8,10H2,1-4H3,(H,15,16). The fraction of sp³-hybridized carbons (Fsp3) is 0.571. The highest BCUT2D eigenvalue weighted by Gasteiger charge is 2.20. The van der Waals surface area contributed by atoms with Crippen LogP contribution in [0.5, 0.6) is 0 Å². The summed E-state index contributed by atoms with van der Waals surface area (Å²) < 4.78 is 0. The van der Waals surface area contributed by atoms with E-state index in [0.717, 1.165) is 18.7 Å². The zero-order chi connectivity index (χ0) is 14.3. The van der Waals surface area contributed by atoms with Gasteiger partial charge in [0.2, 0.25) is 0 Å². The average molecular weight is 281 g/mol. The molecule has 0 saturated carbocycles. The summed E-state index contributed by atoms with van der Waals surface area (Å²) >= 11 is 1.80. The highest BCUT2D eigenvalue weighted by molar-refractivity contribution is 7.98. The van der Waals surface area contributed by atoms with Crippen LogP contribution < -0.4 is 5.32 Å². The first kappa shape index (κ1) is 15.8. The predicted octanol–water partition coefficient (Wildman–Crippen LogP) is 2.73. The van der Waals surface area contributed by atoms with Gasteiger partial charge in [-0.15, -0.1) is 0 Å². The van der Waals surface area contributed by atoms with Gasteiger partial charge in [-0.05, 0) is 44.4 Å². The van der Waals surface area contributed by atoms with E-state index >= 15 is 0 Å². The van der Waals surface area contributed by atoms with Gasteiger partial charge in [-0.2, -0.15) is 11.8 Å². The summed E-state index contributed by atoms with van der Waals surface area (Å²) in [5.74, 6) is 1.75. The molecule has 5 heteroatoms. The molecule has 1 amide bonds. The van der Waals surface area contributed by atoms with E-state index in [4.69, 9.17) is 0 Å². The highest BCUT2D eigenvalue weighted by Crippen LogP contribution is 2.16. The molecule has 1 N–H and O–H groups in total. The van der Waals surface area contributed by atoms with Crippen molar-refractivity contribution in [2.75, 3.05) is 30.9 Å². The van der Waals surface area contributed by atoms with E-state index in [2.05, 4.69) is 23.5 Å². The molecule has 0 spiro atoms. The number of hydrogen-bond acceptors (Lipinski definition) is 4. The van der Waals surface area contributed by atoms with Crippen LogP contribution in [0.3, 0.4) is 0 Å². The van der Waals surface area contributed by atoms with Crippen LogP contribution in [0.1, 0.15) is 30.6 Å². The molecule has 106 valence electrons. The molecule has 0 aliphatic rings. The SMILES string of the molecule is CCNc1ncccc1C(=O)N(C)C(C)CCSC. The predicted molar refractivity (Wildman–Crippen MR) is 83.0 cm³/mol. The fourth-order valence-electron chi connectivity index (χ4n) is 1.76. The van der Waals surface area contributed by atoms with Crippen LogP contribution in [0.15, 0.2) is 18.3 Å². The van der Waals surface area contributed by atoms with Gasteiger partial charge in [0.25, 0.3) is 5.91 Å². The zero-order valence-electron chi connectivity index (χ0n) is 12.1. The van der Waals surface area contributed by atoms with E-state index in [1.54, 1.807) is 28.9 Å². The fourth-order valence-corrected chi connectivity index (χ4v) is 2.34. The molecular weight excluding hydrogens is 258 g/mol. The Morgan fingerprint density at radius 1 is 1.58 bits per heavy atom. The van der Waals surface area contributed by atoms with Gasteiger partial charge < -0.3 is 10.2 Å². The van der Waals surface area contributed by atoms with E-state index in [0.29, 0.717) is 11.4 Å². The number of carbonyl (C=O) groups excluding carboxylic acids is 1. The molecule has 0 saturated heterocycles. The molecule has 4 nitrogen and oxygen atoms in total. The van der Waals surface area contributed by atoms with Crippen molar-refractivity contribution in [3.63, 3.8) is 0 Å². The Labute approximate surface area is 120 Å². The lowest BCUT2D eigenvalue weighted by molar-refractivity contribution is 0.0742. The van der Waals surface area contributed by atoms with Crippen LogP contribution in [0.2, 0.25) is 0 Å². The Morgan fingerprint density at radius 2 is 2.32 bits per heavy atom. The van der Waals surface area contributed by atoms with E-state index < -0.39 is 0 Å². The Hall–Kier alpha value is -1.23. The first-order chi connectivity index (χ1) is 9.11. The summed E-state index contributed by atoms with van der Waals surface area (Å²) in [5.41, 5.74) is 0.642. The van der Waals surface area contributed by atoms with Gasteiger partial charge in [0, 0.05) is 25.8 Å². The zero-order valence-corrected chi connectivity index (χ0v) is 13.0. The van der Waals surface area contributed by atoms with Crippen LogP contribution in [-0.2, 0) is 0 Å². The van der Waals surface area contributed by atoms with Crippen molar-refractivity contribution in [3.05, 3.63) is 23.9 Å². The molecule has 1 heterocycles. The summed E-state index contributed by atoms with van der Waals surface area (Å²) in [6.45, 7) is 4.83. The number of rotatable bonds is 7. The molecule has 0 aromatic carbocycles. The summed E-state index contributed by atoms with van der Waals surface area (Å²) in [6, 6.07) is 3.86. The number of carbonyl (C=O) groups is 1. The largest absolute Gasteiger partial charge is 0.370 e. The third kappa shape index (κ3) is 4.42. The minimum atomic E-state index is 0.0256. The molecule has 0 fully saturated rings. The molecule has 1 aromatic heterocycles. The number of aromatic nitrogens is 1. The summed E-state index contributed by atoms with van der Waals surface area (Å²) in [5, 5.41) is 3.13. The topological polar surface area (TPSA) is 45.2 Å². The van der Waals surface area contributed by atoms with Gasteiger partial charge in [0.15, 0.2) is 0 Å². The second kappa shape index (κ2) is 8.04. The van der Waals surface area contributed by atoms with Crippen LogP contribution in [0.25, 0.3) is 0 Å². The average Bonchev–Trinajstić information content (AvgIpc) is 2.44. The van der Waals surface area contributed by atoms with E-state index in [1.165, 1.54) is 0 Å². The number of anilines is 1. The molecule has 0 aliphatic heterocycles. The maximum atomic E-state index is 12.5. The van der Waals surface area contributed by atoms with Gasteiger partial charge in [0.1, 0.15) is 5.82 Å². The molecule has 1 unspecified atom stereocenters. The Morgan fingerprint density at radius 3 is 2.95 bits per heavy atom. The third-order valence-electron chi connectivity index (χ3n) is 3.10. The van der Waals surface area contributed by atoms with E-state index in [1.807, 2.05) is 20.0 Å². The first-order valence-corrected chi connectivity index (χ1v) is 7.96. The summed E-state index contributed by atoms with van der Waals surface area (Å²) in [4.78, 5) is 18.5. The van der Waals surface area contributed by atoms with Crippen molar-refractivity contribution >= 4 is 23.5 Å². The first-order valence-electron chi connectivity index (χ1n) is 6.56. The van der Waals surface area contributed by atoms with Gasteiger partial charge >= 0.3 is 0 Å². The minimum Gasteiger partial charge on any atom is -0.370 e. The number of nitrogens with one attached hydrogen (secondary N) is 1. The minimum absolute atomic E-state index is 0.0256. The lowest BCUT2D eigenvalue weighted by Gasteiger charge is -2.25. The normalized spacial score (nSPS) is 12.0. The van der Waals surface area contributed by atoms with Crippen LogP contribution in [-0.4, -0.2) is 47.4 Å².